The molecule has 1 heterocycles. The molecule has 1 aromatic rings. The van der Waals surface area contributed by atoms with E-state index in [4.69, 9.17) is 0 Å². The molecule has 2 aliphatic rings. The minimum absolute atomic E-state index is 0.184. The lowest BCUT2D eigenvalue weighted by Crippen LogP contribution is -2.47. The molecule has 2 atom stereocenters. The maximum Gasteiger partial charge on any atom is 0.231 e. The van der Waals surface area contributed by atoms with Crippen LogP contribution in [0.3, 0.4) is 0 Å². The highest BCUT2D eigenvalue weighted by Crippen LogP contribution is 2.41. The summed E-state index contributed by atoms with van der Waals surface area (Å²) in [6, 6.07) is 4.16. The zero-order chi connectivity index (χ0) is 14.7. The van der Waals surface area contributed by atoms with Crippen LogP contribution in [0.4, 0.5) is 0 Å². The Hall–Kier alpha value is -0.870. The first-order valence-electron chi connectivity index (χ1n) is 8.23. The number of carbonyl (C=O) groups excluding carboxylic acids is 1. The van der Waals surface area contributed by atoms with Gasteiger partial charge in [-0.05, 0) is 37.1 Å². The fraction of sp³-hybridized carbons (Fsp3) is 0.706. The monoisotopic (exact) mass is 307 g/mol. The number of rotatable bonds is 4. The molecular formula is C17H25NO2S. The van der Waals surface area contributed by atoms with Gasteiger partial charge in [0.1, 0.15) is 0 Å². The quantitative estimate of drug-likeness (QED) is 0.897. The summed E-state index contributed by atoms with van der Waals surface area (Å²) >= 11 is 1.71. The number of aliphatic hydroxyl groups is 1. The summed E-state index contributed by atoms with van der Waals surface area (Å²) in [6.45, 7) is 0.632. The van der Waals surface area contributed by atoms with Crippen molar-refractivity contribution in [2.24, 2.45) is 5.92 Å². The molecule has 0 spiro atoms. The van der Waals surface area contributed by atoms with E-state index in [1.807, 2.05) is 6.07 Å². The van der Waals surface area contributed by atoms with Crippen molar-refractivity contribution >= 4 is 17.2 Å². The van der Waals surface area contributed by atoms with E-state index < -0.39 is 0 Å². The zero-order valence-corrected chi connectivity index (χ0v) is 13.3. The molecule has 21 heavy (non-hydrogen) atoms. The molecule has 1 aromatic heterocycles. The highest BCUT2D eigenvalue weighted by molar-refractivity contribution is 7.10. The summed E-state index contributed by atoms with van der Waals surface area (Å²) in [5, 5.41) is 15.1. The highest BCUT2D eigenvalue weighted by atomic mass is 32.1. The van der Waals surface area contributed by atoms with E-state index in [2.05, 4.69) is 16.8 Å². The number of aliphatic hydroxyl groups excluding tert-OH is 1. The van der Waals surface area contributed by atoms with Gasteiger partial charge in [0, 0.05) is 17.3 Å². The van der Waals surface area contributed by atoms with Gasteiger partial charge in [0.25, 0.3) is 0 Å². The largest absolute Gasteiger partial charge is 0.393 e. The standard InChI is InChI=1S/C17H25NO2S/c19-14-7-4-6-13(14)12-18-16(20)17(9-2-1-3-10-17)15-8-5-11-21-15/h5,8,11,13-14,19H,1-4,6-7,9-10,12H2,(H,18,20). The van der Waals surface area contributed by atoms with E-state index in [9.17, 15) is 9.90 Å². The van der Waals surface area contributed by atoms with Crippen LogP contribution in [-0.4, -0.2) is 23.7 Å². The second-order valence-corrected chi connectivity index (χ2v) is 7.54. The number of thiophene rings is 1. The summed E-state index contributed by atoms with van der Waals surface area (Å²) in [6.07, 6.45) is 8.21. The molecular weight excluding hydrogens is 282 g/mol. The van der Waals surface area contributed by atoms with Crippen LogP contribution in [0.25, 0.3) is 0 Å². The van der Waals surface area contributed by atoms with Crippen LogP contribution in [0.1, 0.15) is 56.2 Å². The third kappa shape index (κ3) is 3.02. The lowest BCUT2D eigenvalue weighted by atomic mass is 9.72. The predicted octanol–water partition coefficient (Wildman–Crippen LogP) is 3.23. The van der Waals surface area contributed by atoms with Crippen molar-refractivity contribution in [2.75, 3.05) is 6.54 Å². The molecule has 2 N–H and O–H groups in total. The van der Waals surface area contributed by atoms with Crippen molar-refractivity contribution in [3.63, 3.8) is 0 Å². The fourth-order valence-electron chi connectivity index (χ4n) is 3.94. The second-order valence-electron chi connectivity index (χ2n) is 6.59. The lowest BCUT2D eigenvalue weighted by Gasteiger charge is -2.35. The van der Waals surface area contributed by atoms with Gasteiger partial charge in [0.15, 0.2) is 0 Å². The molecule has 0 saturated heterocycles. The van der Waals surface area contributed by atoms with Crippen molar-refractivity contribution < 1.29 is 9.90 Å². The normalized spacial score (nSPS) is 28.4. The molecule has 2 saturated carbocycles. The van der Waals surface area contributed by atoms with Crippen LogP contribution in [0.5, 0.6) is 0 Å². The van der Waals surface area contributed by atoms with Gasteiger partial charge < -0.3 is 10.4 Å². The van der Waals surface area contributed by atoms with Gasteiger partial charge in [0.05, 0.1) is 11.5 Å². The fourth-order valence-corrected chi connectivity index (χ4v) is 4.92. The molecule has 2 fully saturated rings. The SMILES string of the molecule is O=C(NCC1CCCC1O)C1(c2cccs2)CCCCC1. The summed E-state index contributed by atoms with van der Waals surface area (Å²) in [4.78, 5) is 14.1. The van der Waals surface area contributed by atoms with Gasteiger partial charge >= 0.3 is 0 Å². The van der Waals surface area contributed by atoms with E-state index >= 15 is 0 Å². The maximum absolute atomic E-state index is 12.9. The smallest absolute Gasteiger partial charge is 0.231 e. The Balaban J connectivity index is 1.69. The van der Waals surface area contributed by atoms with Crippen LogP contribution in [0.2, 0.25) is 0 Å². The van der Waals surface area contributed by atoms with Crippen molar-refractivity contribution in [1.82, 2.24) is 5.32 Å². The molecule has 0 aromatic carbocycles. The van der Waals surface area contributed by atoms with E-state index in [0.29, 0.717) is 6.54 Å². The summed E-state index contributed by atoms with van der Waals surface area (Å²) < 4.78 is 0. The van der Waals surface area contributed by atoms with Gasteiger partial charge in [-0.25, -0.2) is 0 Å². The summed E-state index contributed by atoms with van der Waals surface area (Å²) in [5.74, 6) is 0.432. The van der Waals surface area contributed by atoms with Gasteiger partial charge in [-0.1, -0.05) is 31.7 Å². The summed E-state index contributed by atoms with van der Waals surface area (Å²) in [5.41, 5.74) is -0.310. The molecule has 3 nitrogen and oxygen atoms in total. The zero-order valence-electron chi connectivity index (χ0n) is 12.5. The molecule has 3 rings (SSSR count). The first-order valence-corrected chi connectivity index (χ1v) is 9.11. The Bertz CT molecular complexity index is 465. The van der Waals surface area contributed by atoms with Crippen LogP contribution < -0.4 is 5.32 Å². The topological polar surface area (TPSA) is 49.3 Å². The van der Waals surface area contributed by atoms with Gasteiger partial charge in [-0.2, -0.15) is 0 Å². The van der Waals surface area contributed by atoms with E-state index in [0.717, 1.165) is 44.9 Å². The first-order chi connectivity index (χ1) is 10.2. The number of carbonyl (C=O) groups is 1. The summed E-state index contributed by atoms with van der Waals surface area (Å²) in [7, 11) is 0. The minimum Gasteiger partial charge on any atom is -0.393 e. The number of hydrogen-bond acceptors (Lipinski definition) is 3. The molecule has 4 heteroatoms. The molecule has 2 unspecified atom stereocenters. The minimum atomic E-state index is -0.310. The Morgan fingerprint density at radius 1 is 1.29 bits per heavy atom. The van der Waals surface area contributed by atoms with Crippen molar-refractivity contribution in [3.8, 4) is 0 Å². The Kier molecular flexibility index (Phi) is 4.65. The third-order valence-electron chi connectivity index (χ3n) is 5.28. The Labute approximate surface area is 130 Å². The molecule has 116 valence electrons. The number of hydrogen-bond donors (Lipinski definition) is 2. The van der Waals surface area contributed by atoms with Crippen LogP contribution in [0, 0.1) is 5.92 Å². The van der Waals surface area contributed by atoms with Gasteiger partial charge in [-0.3, -0.25) is 4.79 Å². The third-order valence-corrected chi connectivity index (χ3v) is 6.35. The molecule has 0 aliphatic heterocycles. The Morgan fingerprint density at radius 3 is 2.71 bits per heavy atom. The Morgan fingerprint density at radius 2 is 2.10 bits per heavy atom. The number of amides is 1. The van der Waals surface area contributed by atoms with Crippen molar-refractivity contribution in [1.29, 1.82) is 0 Å². The predicted molar refractivity (Wildman–Crippen MR) is 85.4 cm³/mol. The highest BCUT2D eigenvalue weighted by Gasteiger charge is 2.42. The average molecular weight is 307 g/mol. The average Bonchev–Trinajstić information content (AvgIpc) is 3.17. The molecule has 2 aliphatic carbocycles. The van der Waals surface area contributed by atoms with E-state index in [1.165, 1.54) is 11.3 Å². The lowest BCUT2D eigenvalue weighted by molar-refractivity contribution is -0.128. The van der Waals surface area contributed by atoms with Crippen LogP contribution >= 0.6 is 11.3 Å². The van der Waals surface area contributed by atoms with Crippen molar-refractivity contribution in [2.45, 2.75) is 62.9 Å². The van der Waals surface area contributed by atoms with Gasteiger partial charge in [0.2, 0.25) is 5.91 Å². The van der Waals surface area contributed by atoms with Crippen molar-refractivity contribution in [3.05, 3.63) is 22.4 Å². The van der Waals surface area contributed by atoms with E-state index in [-0.39, 0.29) is 23.3 Å². The van der Waals surface area contributed by atoms with Crippen LogP contribution in [-0.2, 0) is 10.2 Å². The molecule has 1 amide bonds. The van der Waals surface area contributed by atoms with E-state index in [1.54, 1.807) is 11.3 Å². The first kappa shape index (κ1) is 15.0. The van der Waals surface area contributed by atoms with Crippen LogP contribution in [0.15, 0.2) is 17.5 Å². The van der Waals surface area contributed by atoms with Gasteiger partial charge in [-0.15, -0.1) is 11.3 Å². The number of nitrogens with one attached hydrogen (secondary N) is 1. The molecule has 0 radical (unpaired) electrons. The maximum atomic E-state index is 12.9. The molecule has 0 bridgehead atoms. The second kappa shape index (κ2) is 6.49.